The van der Waals surface area contributed by atoms with Gasteiger partial charge < -0.3 is 14.6 Å². The van der Waals surface area contributed by atoms with Gasteiger partial charge in [-0.3, -0.25) is 4.79 Å². The van der Waals surface area contributed by atoms with E-state index in [1.54, 1.807) is 11.1 Å². The lowest BCUT2D eigenvalue weighted by atomic mass is 10.1. The van der Waals surface area contributed by atoms with Gasteiger partial charge in [0.2, 0.25) is 5.88 Å². The molecule has 1 fully saturated rings. The van der Waals surface area contributed by atoms with Gasteiger partial charge in [0.05, 0.1) is 24.2 Å². The van der Waals surface area contributed by atoms with Gasteiger partial charge in [0.25, 0.3) is 5.91 Å². The number of nitrogens with one attached hydrogen (secondary N) is 1. The van der Waals surface area contributed by atoms with E-state index in [2.05, 4.69) is 9.97 Å². The van der Waals surface area contributed by atoms with E-state index >= 15 is 0 Å². The first-order chi connectivity index (χ1) is 12.4. The van der Waals surface area contributed by atoms with Crippen LogP contribution in [0.25, 0.3) is 10.9 Å². The number of para-hydroxylation sites is 1. The third-order valence-electron chi connectivity index (χ3n) is 4.31. The Morgan fingerprint density at radius 3 is 2.65 bits per heavy atom. The first kappa shape index (κ1) is 16.4. The summed E-state index contributed by atoms with van der Waals surface area (Å²) < 4.78 is 43.1. The van der Waals surface area contributed by atoms with Crippen molar-refractivity contribution in [3.05, 3.63) is 59.9 Å². The number of aromatic nitrogens is 2. The molecule has 1 aromatic carbocycles. The third kappa shape index (κ3) is 2.98. The van der Waals surface area contributed by atoms with Crippen molar-refractivity contribution in [3.8, 4) is 5.88 Å². The molecule has 0 saturated carbocycles. The van der Waals surface area contributed by atoms with Crippen molar-refractivity contribution in [2.45, 2.75) is 12.3 Å². The SMILES string of the molecule is O=C(c1c[nH]c2ccccc12)N1CC(Oc2ccc(C(F)(F)F)cn2)C1. The van der Waals surface area contributed by atoms with E-state index < -0.39 is 11.7 Å². The molecule has 0 aliphatic carbocycles. The Hall–Kier alpha value is -3.03. The number of aromatic amines is 1. The van der Waals surface area contributed by atoms with E-state index in [-0.39, 0.29) is 17.9 Å². The number of H-pyrrole nitrogens is 1. The second-order valence-corrected chi connectivity index (χ2v) is 6.08. The summed E-state index contributed by atoms with van der Waals surface area (Å²) in [6.45, 7) is 0.724. The maximum Gasteiger partial charge on any atom is 0.417 e. The largest absolute Gasteiger partial charge is 0.471 e. The van der Waals surface area contributed by atoms with Crippen LogP contribution in [0.2, 0.25) is 0 Å². The van der Waals surface area contributed by atoms with Crippen molar-refractivity contribution in [1.82, 2.24) is 14.9 Å². The molecule has 5 nitrogen and oxygen atoms in total. The zero-order valence-corrected chi connectivity index (χ0v) is 13.5. The summed E-state index contributed by atoms with van der Waals surface area (Å²) in [5.41, 5.74) is 0.652. The molecule has 2 aromatic heterocycles. The normalized spacial score (nSPS) is 15.1. The van der Waals surface area contributed by atoms with E-state index in [9.17, 15) is 18.0 Å². The Morgan fingerprint density at radius 1 is 1.19 bits per heavy atom. The van der Waals surface area contributed by atoms with Gasteiger partial charge in [0, 0.05) is 29.4 Å². The van der Waals surface area contributed by atoms with Gasteiger partial charge in [-0.15, -0.1) is 0 Å². The molecule has 1 aliphatic rings. The molecular formula is C18H14F3N3O2. The van der Waals surface area contributed by atoms with Gasteiger partial charge in [-0.05, 0) is 12.1 Å². The fourth-order valence-electron chi connectivity index (χ4n) is 2.89. The number of likely N-dealkylation sites (tertiary alicyclic amines) is 1. The third-order valence-corrected chi connectivity index (χ3v) is 4.31. The van der Waals surface area contributed by atoms with Crippen LogP contribution in [-0.4, -0.2) is 40.0 Å². The minimum Gasteiger partial charge on any atom is -0.471 e. The summed E-state index contributed by atoms with van der Waals surface area (Å²) in [4.78, 5) is 20.9. The Morgan fingerprint density at radius 2 is 1.96 bits per heavy atom. The van der Waals surface area contributed by atoms with Crippen LogP contribution in [0.1, 0.15) is 15.9 Å². The minimum atomic E-state index is -4.43. The van der Waals surface area contributed by atoms with E-state index in [1.165, 1.54) is 6.07 Å². The second-order valence-electron chi connectivity index (χ2n) is 6.08. The van der Waals surface area contributed by atoms with Crippen LogP contribution in [0.3, 0.4) is 0 Å². The summed E-state index contributed by atoms with van der Waals surface area (Å²) >= 11 is 0. The number of alkyl halides is 3. The molecule has 3 aromatic rings. The van der Waals surface area contributed by atoms with Crippen LogP contribution < -0.4 is 4.74 Å². The van der Waals surface area contributed by atoms with E-state index in [0.29, 0.717) is 18.7 Å². The zero-order chi connectivity index (χ0) is 18.3. The molecule has 26 heavy (non-hydrogen) atoms. The van der Waals surface area contributed by atoms with E-state index in [0.717, 1.165) is 23.2 Å². The Bertz CT molecular complexity index is 944. The molecule has 0 unspecified atom stereocenters. The summed E-state index contributed by atoms with van der Waals surface area (Å²) in [5.74, 6) is 0.00451. The standard InChI is InChI=1S/C18H14F3N3O2/c19-18(20,21)11-5-6-16(23-7-11)26-12-9-24(10-12)17(25)14-8-22-15-4-2-1-3-13(14)15/h1-8,12,22H,9-10H2. The predicted octanol–water partition coefficient (Wildman–Crippen LogP) is 3.49. The van der Waals surface area contributed by atoms with Gasteiger partial charge >= 0.3 is 6.18 Å². The van der Waals surface area contributed by atoms with Crippen LogP contribution in [0, 0.1) is 0 Å². The van der Waals surface area contributed by atoms with Crippen LogP contribution >= 0.6 is 0 Å². The molecule has 0 spiro atoms. The highest BCUT2D eigenvalue weighted by Crippen LogP contribution is 2.29. The summed E-state index contributed by atoms with van der Waals surface area (Å²) in [6, 6.07) is 9.63. The quantitative estimate of drug-likeness (QED) is 0.777. The number of carbonyl (C=O) groups is 1. The van der Waals surface area contributed by atoms with Crippen molar-refractivity contribution < 1.29 is 22.7 Å². The maximum absolute atomic E-state index is 12.6. The molecule has 1 saturated heterocycles. The average Bonchev–Trinajstić information content (AvgIpc) is 3.01. The molecule has 3 heterocycles. The topological polar surface area (TPSA) is 58.2 Å². The zero-order valence-electron chi connectivity index (χ0n) is 13.5. The second kappa shape index (κ2) is 6.05. The lowest BCUT2D eigenvalue weighted by Crippen LogP contribution is -2.56. The number of rotatable bonds is 3. The molecule has 0 atom stereocenters. The van der Waals surface area contributed by atoms with Crippen LogP contribution in [0.5, 0.6) is 5.88 Å². The molecule has 0 radical (unpaired) electrons. The van der Waals surface area contributed by atoms with Crippen LogP contribution in [-0.2, 0) is 6.18 Å². The summed E-state index contributed by atoms with van der Waals surface area (Å²) in [6.07, 6.45) is -2.29. The number of ether oxygens (including phenoxy) is 1. The number of benzene rings is 1. The number of halogens is 3. The van der Waals surface area contributed by atoms with Crippen molar-refractivity contribution in [1.29, 1.82) is 0 Å². The lowest BCUT2D eigenvalue weighted by Gasteiger charge is -2.38. The highest BCUT2D eigenvalue weighted by molar-refractivity contribution is 6.06. The molecule has 134 valence electrons. The smallest absolute Gasteiger partial charge is 0.417 e. The van der Waals surface area contributed by atoms with Gasteiger partial charge in [0.1, 0.15) is 6.10 Å². The molecule has 8 heteroatoms. The monoisotopic (exact) mass is 361 g/mol. The minimum absolute atomic E-state index is 0.109. The van der Waals surface area contributed by atoms with E-state index in [1.807, 2.05) is 24.3 Å². The molecular weight excluding hydrogens is 347 g/mol. The first-order valence-corrected chi connectivity index (χ1v) is 7.97. The van der Waals surface area contributed by atoms with Gasteiger partial charge in [-0.1, -0.05) is 18.2 Å². The maximum atomic E-state index is 12.6. The van der Waals surface area contributed by atoms with Crippen molar-refractivity contribution in [2.24, 2.45) is 0 Å². The van der Waals surface area contributed by atoms with Crippen molar-refractivity contribution in [3.63, 3.8) is 0 Å². The fraction of sp³-hybridized carbons (Fsp3) is 0.222. The lowest BCUT2D eigenvalue weighted by molar-refractivity contribution is -0.137. The van der Waals surface area contributed by atoms with Crippen molar-refractivity contribution in [2.75, 3.05) is 13.1 Å². The fourth-order valence-corrected chi connectivity index (χ4v) is 2.89. The molecule has 1 amide bonds. The predicted molar refractivity (Wildman–Crippen MR) is 87.9 cm³/mol. The van der Waals surface area contributed by atoms with Crippen LogP contribution in [0.15, 0.2) is 48.8 Å². The Kier molecular flexibility index (Phi) is 3.82. The first-order valence-electron chi connectivity index (χ1n) is 7.97. The van der Waals surface area contributed by atoms with Gasteiger partial charge in [0.15, 0.2) is 0 Å². The van der Waals surface area contributed by atoms with Gasteiger partial charge in [-0.2, -0.15) is 13.2 Å². The van der Waals surface area contributed by atoms with E-state index in [4.69, 9.17) is 4.74 Å². The number of hydrogen-bond acceptors (Lipinski definition) is 3. The molecule has 1 N–H and O–H groups in total. The molecule has 0 bridgehead atoms. The number of fused-ring (bicyclic) bond motifs is 1. The number of nitrogens with zero attached hydrogens (tertiary/aromatic N) is 2. The molecule has 4 rings (SSSR count). The molecule has 1 aliphatic heterocycles. The van der Waals surface area contributed by atoms with Gasteiger partial charge in [-0.25, -0.2) is 4.98 Å². The highest BCUT2D eigenvalue weighted by Gasteiger charge is 2.34. The Balaban J connectivity index is 1.37. The number of amides is 1. The number of carbonyl (C=O) groups excluding carboxylic acids is 1. The number of pyridine rings is 1. The van der Waals surface area contributed by atoms with Crippen LogP contribution in [0.4, 0.5) is 13.2 Å². The number of hydrogen-bond donors (Lipinski definition) is 1. The average molecular weight is 361 g/mol. The highest BCUT2D eigenvalue weighted by atomic mass is 19.4. The summed E-state index contributed by atoms with van der Waals surface area (Å²) in [7, 11) is 0. The Labute approximate surface area is 146 Å². The summed E-state index contributed by atoms with van der Waals surface area (Å²) in [5, 5.41) is 0.853. The van der Waals surface area contributed by atoms with Crippen molar-refractivity contribution >= 4 is 16.8 Å².